The molecule has 2 aromatic carbocycles. The van der Waals surface area contributed by atoms with E-state index in [0.29, 0.717) is 5.71 Å². The monoisotopic (exact) mass is 369 g/mol. The van der Waals surface area contributed by atoms with Crippen LogP contribution in [0.3, 0.4) is 0 Å². The Bertz CT molecular complexity index is 920. The van der Waals surface area contributed by atoms with Crippen LogP contribution in [0.2, 0.25) is 0 Å². The quantitative estimate of drug-likeness (QED) is 0.792. The molecule has 4 rings (SSSR count). The molecule has 1 fully saturated rings. The van der Waals surface area contributed by atoms with Gasteiger partial charge in [-0.15, -0.1) is 0 Å². The molecule has 28 heavy (non-hydrogen) atoms. The van der Waals surface area contributed by atoms with Gasteiger partial charge < -0.3 is 15.2 Å². The normalized spacial score (nSPS) is 16.0. The van der Waals surface area contributed by atoms with Gasteiger partial charge in [-0.05, 0) is 71.5 Å². The van der Waals surface area contributed by atoms with Gasteiger partial charge in [-0.2, -0.15) is 0 Å². The first-order chi connectivity index (χ1) is 13.6. The number of rotatable bonds is 4. The van der Waals surface area contributed by atoms with E-state index in [1.165, 1.54) is 40.9 Å². The molecule has 2 aromatic rings. The minimum absolute atomic E-state index is 0.537. The van der Waals surface area contributed by atoms with E-state index in [1.54, 1.807) is 0 Å². The Morgan fingerprint density at radius 1 is 0.786 bits per heavy atom. The van der Waals surface area contributed by atoms with Crippen molar-refractivity contribution in [3.63, 3.8) is 0 Å². The van der Waals surface area contributed by atoms with Crippen molar-refractivity contribution in [2.75, 3.05) is 37.0 Å². The van der Waals surface area contributed by atoms with Crippen molar-refractivity contribution in [1.29, 1.82) is 5.41 Å². The summed E-state index contributed by atoms with van der Waals surface area (Å²) >= 11 is 0. The lowest BCUT2D eigenvalue weighted by Crippen LogP contribution is -2.17. The summed E-state index contributed by atoms with van der Waals surface area (Å²) in [7, 11) is 4.12. The first-order valence-corrected chi connectivity index (χ1v) is 9.94. The second-order valence-corrected chi connectivity index (χ2v) is 7.63. The smallest absolute Gasteiger partial charge is 0.0540 e. The summed E-state index contributed by atoms with van der Waals surface area (Å²) in [6.07, 6.45) is 10.4. The van der Waals surface area contributed by atoms with Crippen LogP contribution in [0, 0.1) is 5.41 Å². The van der Waals surface area contributed by atoms with Crippen LogP contribution >= 0.6 is 0 Å². The lowest BCUT2D eigenvalue weighted by atomic mass is 9.90. The Balaban J connectivity index is 1.75. The first-order valence-electron chi connectivity index (χ1n) is 9.94. The molecule has 0 unspecified atom stereocenters. The van der Waals surface area contributed by atoms with Crippen molar-refractivity contribution in [2.45, 2.75) is 12.8 Å². The molecule has 1 saturated heterocycles. The average molecular weight is 370 g/mol. The number of nitrogens with zero attached hydrogens (tertiary/aromatic N) is 2. The molecule has 0 spiro atoms. The van der Waals surface area contributed by atoms with Crippen molar-refractivity contribution in [1.82, 2.24) is 0 Å². The molecule has 1 aliphatic carbocycles. The lowest BCUT2D eigenvalue weighted by molar-refractivity contribution is 0.949. The summed E-state index contributed by atoms with van der Waals surface area (Å²) in [6.45, 7) is 2.32. The molecule has 3 heteroatoms. The molecule has 0 bridgehead atoms. The molecule has 1 aliphatic heterocycles. The summed E-state index contributed by atoms with van der Waals surface area (Å²) in [5.41, 5.74) is 7.78. The Hall–Kier alpha value is -3.07. The largest absolute Gasteiger partial charge is 0.378 e. The standard InChI is InChI=1S/C25H27N3/c1-27(2)23-13-7-20(8-14-23)25(19-5-11-22(26)12-6-19)21-9-15-24(16-10-21)28-17-3-4-18-28/h5-16,26H,3-4,17-18H2,1-2H3. The number of hydrogen-bond donors (Lipinski definition) is 1. The maximum Gasteiger partial charge on any atom is 0.0540 e. The molecule has 2 aliphatic rings. The van der Waals surface area contributed by atoms with Crippen molar-refractivity contribution < 1.29 is 0 Å². The van der Waals surface area contributed by atoms with Gasteiger partial charge in [0.1, 0.15) is 0 Å². The Morgan fingerprint density at radius 2 is 1.32 bits per heavy atom. The highest BCUT2D eigenvalue weighted by Crippen LogP contribution is 2.32. The highest BCUT2D eigenvalue weighted by Gasteiger charge is 2.15. The fourth-order valence-corrected chi connectivity index (χ4v) is 3.88. The van der Waals surface area contributed by atoms with Crippen molar-refractivity contribution >= 4 is 22.7 Å². The molecule has 0 radical (unpaired) electrons. The van der Waals surface area contributed by atoms with Gasteiger partial charge in [-0.25, -0.2) is 0 Å². The Labute approximate surface area is 167 Å². The second-order valence-electron chi connectivity index (χ2n) is 7.63. The SMILES string of the molecule is CN(C)c1ccc(C(=C2C=CC(=N)C=C2)c2ccc(N3CCCC3)cc2)cc1. The van der Waals surface area contributed by atoms with Gasteiger partial charge in [0.25, 0.3) is 0 Å². The molecule has 1 N–H and O–H groups in total. The van der Waals surface area contributed by atoms with Crippen LogP contribution in [0.1, 0.15) is 24.0 Å². The van der Waals surface area contributed by atoms with E-state index in [2.05, 4.69) is 72.4 Å². The predicted octanol–water partition coefficient (Wildman–Crippen LogP) is 5.30. The predicted molar refractivity (Wildman–Crippen MR) is 121 cm³/mol. The zero-order chi connectivity index (χ0) is 19.5. The second kappa shape index (κ2) is 7.89. The molecule has 142 valence electrons. The third-order valence-electron chi connectivity index (χ3n) is 5.47. The molecule has 3 nitrogen and oxygen atoms in total. The van der Waals surface area contributed by atoms with Crippen molar-refractivity contribution in [2.24, 2.45) is 0 Å². The van der Waals surface area contributed by atoms with E-state index in [1.807, 2.05) is 24.3 Å². The maximum atomic E-state index is 7.82. The Kier molecular flexibility index (Phi) is 5.16. The summed E-state index contributed by atoms with van der Waals surface area (Å²) in [6, 6.07) is 17.6. The highest BCUT2D eigenvalue weighted by molar-refractivity contribution is 6.05. The van der Waals surface area contributed by atoms with E-state index in [9.17, 15) is 0 Å². The summed E-state index contributed by atoms with van der Waals surface area (Å²) in [5, 5.41) is 7.82. The fourth-order valence-electron chi connectivity index (χ4n) is 3.88. The van der Waals surface area contributed by atoms with Gasteiger partial charge in [0.05, 0.1) is 5.71 Å². The molecule has 0 atom stereocenters. The molecular formula is C25H27N3. The minimum atomic E-state index is 0.537. The van der Waals surface area contributed by atoms with Gasteiger partial charge in [-0.3, -0.25) is 0 Å². The van der Waals surface area contributed by atoms with Gasteiger partial charge in [0.15, 0.2) is 0 Å². The van der Waals surface area contributed by atoms with E-state index in [4.69, 9.17) is 5.41 Å². The summed E-state index contributed by atoms with van der Waals surface area (Å²) < 4.78 is 0. The molecule has 0 amide bonds. The first kappa shape index (κ1) is 18.3. The molecule has 1 heterocycles. The van der Waals surface area contributed by atoms with Crippen molar-refractivity contribution in [3.8, 4) is 0 Å². The highest BCUT2D eigenvalue weighted by atomic mass is 15.1. The van der Waals surface area contributed by atoms with E-state index in [0.717, 1.165) is 18.7 Å². The fraction of sp³-hybridized carbons (Fsp3) is 0.240. The zero-order valence-electron chi connectivity index (χ0n) is 16.7. The van der Waals surface area contributed by atoms with E-state index >= 15 is 0 Å². The topological polar surface area (TPSA) is 30.3 Å². The third-order valence-corrected chi connectivity index (χ3v) is 5.47. The number of benzene rings is 2. The van der Waals surface area contributed by atoms with Crippen LogP contribution < -0.4 is 9.80 Å². The number of nitrogens with one attached hydrogen (secondary N) is 1. The van der Waals surface area contributed by atoms with Crippen LogP contribution in [-0.4, -0.2) is 32.9 Å². The van der Waals surface area contributed by atoms with E-state index < -0.39 is 0 Å². The maximum absolute atomic E-state index is 7.82. The molecule has 0 aromatic heterocycles. The van der Waals surface area contributed by atoms with E-state index in [-0.39, 0.29) is 0 Å². The minimum Gasteiger partial charge on any atom is -0.378 e. The van der Waals surface area contributed by atoms with Crippen LogP contribution in [0.5, 0.6) is 0 Å². The van der Waals surface area contributed by atoms with Gasteiger partial charge in [0, 0.05) is 38.6 Å². The molecule has 0 saturated carbocycles. The van der Waals surface area contributed by atoms with Crippen LogP contribution in [-0.2, 0) is 0 Å². The summed E-state index contributed by atoms with van der Waals surface area (Å²) in [4.78, 5) is 4.58. The van der Waals surface area contributed by atoms with Gasteiger partial charge >= 0.3 is 0 Å². The third kappa shape index (κ3) is 3.79. The lowest BCUT2D eigenvalue weighted by Gasteiger charge is -2.19. The molecular weight excluding hydrogens is 342 g/mol. The van der Waals surface area contributed by atoms with Gasteiger partial charge in [0.2, 0.25) is 0 Å². The zero-order valence-corrected chi connectivity index (χ0v) is 16.7. The average Bonchev–Trinajstić information content (AvgIpc) is 3.25. The van der Waals surface area contributed by atoms with Crippen LogP contribution in [0.25, 0.3) is 5.57 Å². The van der Waals surface area contributed by atoms with Crippen molar-refractivity contribution in [3.05, 3.63) is 89.5 Å². The number of hydrogen-bond acceptors (Lipinski definition) is 3. The Morgan fingerprint density at radius 3 is 1.86 bits per heavy atom. The van der Waals surface area contributed by atoms with Crippen LogP contribution in [0.15, 0.2) is 78.4 Å². The number of allylic oxidation sites excluding steroid dienone is 5. The van der Waals surface area contributed by atoms with Gasteiger partial charge in [-0.1, -0.05) is 36.4 Å². The summed E-state index contributed by atoms with van der Waals surface area (Å²) in [5.74, 6) is 0. The van der Waals surface area contributed by atoms with Crippen LogP contribution in [0.4, 0.5) is 11.4 Å². The number of anilines is 2.